The fourth-order valence-electron chi connectivity index (χ4n) is 2.34. The number of aromatic nitrogens is 1. The zero-order chi connectivity index (χ0) is 16.3. The molecule has 2 rings (SSSR count). The van der Waals surface area contributed by atoms with E-state index >= 15 is 0 Å². The highest BCUT2D eigenvalue weighted by molar-refractivity contribution is 5.77. The van der Waals surface area contributed by atoms with E-state index < -0.39 is 29.2 Å². The predicted octanol–water partition coefficient (Wildman–Crippen LogP) is 0.896. The van der Waals surface area contributed by atoms with Crippen LogP contribution in [0.25, 0.3) is 0 Å². The van der Waals surface area contributed by atoms with Crippen LogP contribution in [0.4, 0.5) is 23.2 Å². The molecule has 0 bridgehead atoms. The van der Waals surface area contributed by atoms with Crippen LogP contribution in [0.3, 0.4) is 0 Å². The molecule has 0 saturated carbocycles. The van der Waals surface area contributed by atoms with Crippen molar-refractivity contribution in [3.63, 3.8) is 0 Å². The Hall–Kier alpha value is -1.90. The molecule has 0 spiro atoms. The topological polar surface area (TPSA) is 48.5 Å². The number of anilines is 1. The van der Waals surface area contributed by atoms with Crippen LogP contribution in [0.5, 0.6) is 0 Å². The van der Waals surface area contributed by atoms with Crippen molar-refractivity contribution < 1.29 is 22.4 Å². The van der Waals surface area contributed by atoms with Gasteiger partial charge in [0.15, 0.2) is 0 Å². The summed E-state index contributed by atoms with van der Waals surface area (Å²) in [6.45, 7) is 3.49. The summed E-state index contributed by atoms with van der Waals surface area (Å²) in [6.07, 6.45) is 0. The Morgan fingerprint density at radius 3 is 2.14 bits per heavy atom. The second-order valence-electron chi connectivity index (χ2n) is 4.89. The summed E-state index contributed by atoms with van der Waals surface area (Å²) in [4.78, 5) is 17.0. The van der Waals surface area contributed by atoms with Crippen LogP contribution in [-0.4, -0.2) is 55.1 Å². The lowest BCUT2D eigenvalue weighted by molar-refractivity contribution is -0.122. The van der Waals surface area contributed by atoms with E-state index in [0.29, 0.717) is 19.6 Å². The number of pyridine rings is 1. The first-order valence-corrected chi connectivity index (χ1v) is 6.88. The van der Waals surface area contributed by atoms with Gasteiger partial charge < -0.3 is 10.2 Å². The van der Waals surface area contributed by atoms with Crippen molar-refractivity contribution in [1.29, 1.82) is 0 Å². The molecule has 0 aliphatic carbocycles. The van der Waals surface area contributed by atoms with Gasteiger partial charge in [-0.2, -0.15) is 22.5 Å². The third-order valence-corrected chi connectivity index (χ3v) is 3.40. The SMILES string of the molecule is CCNC(=O)CN1CCN(c2c(F)c(F)nc(F)c2F)CC1. The standard InChI is InChI=1S/C13H16F4N4O/c1-2-18-8(22)7-20-3-5-21(6-4-20)11-9(14)12(16)19-13(17)10(11)15/h2-7H2,1H3,(H,18,22). The van der Waals surface area contributed by atoms with Gasteiger partial charge in [0.05, 0.1) is 6.54 Å². The highest BCUT2D eigenvalue weighted by Gasteiger charge is 2.28. The molecule has 2 heterocycles. The average Bonchev–Trinajstić information content (AvgIpc) is 2.47. The zero-order valence-electron chi connectivity index (χ0n) is 12.0. The number of likely N-dealkylation sites (N-methyl/N-ethyl adjacent to an activating group) is 1. The van der Waals surface area contributed by atoms with Crippen LogP contribution in [0, 0.1) is 23.5 Å². The molecule has 0 atom stereocenters. The first kappa shape index (κ1) is 16.5. The van der Waals surface area contributed by atoms with Gasteiger partial charge >= 0.3 is 0 Å². The Labute approximate surface area is 124 Å². The fraction of sp³-hybridized carbons (Fsp3) is 0.538. The number of carbonyl (C=O) groups excluding carboxylic acids is 1. The molecule has 1 fully saturated rings. The van der Waals surface area contributed by atoms with E-state index in [-0.39, 0.29) is 25.5 Å². The van der Waals surface area contributed by atoms with Gasteiger partial charge in [0.25, 0.3) is 11.9 Å². The Morgan fingerprint density at radius 1 is 1.09 bits per heavy atom. The summed E-state index contributed by atoms with van der Waals surface area (Å²) in [6, 6.07) is 0. The van der Waals surface area contributed by atoms with Crippen LogP contribution in [0.1, 0.15) is 6.92 Å². The maximum atomic E-state index is 13.7. The first-order valence-electron chi connectivity index (χ1n) is 6.88. The van der Waals surface area contributed by atoms with Gasteiger partial charge in [0.1, 0.15) is 5.69 Å². The van der Waals surface area contributed by atoms with Crippen LogP contribution < -0.4 is 10.2 Å². The molecular weight excluding hydrogens is 304 g/mol. The van der Waals surface area contributed by atoms with E-state index in [0.717, 1.165) is 0 Å². The number of hydrogen-bond donors (Lipinski definition) is 1. The lowest BCUT2D eigenvalue weighted by Crippen LogP contribution is -2.50. The highest BCUT2D eigenvalue weighted by Crippen LogP contribution is 2.27. The van der Waals surface area contributed by atoms with Gasteiger partial charge in [0.2, 0.25) is 17.5 Å². The van der Waals surface area contributed by atoms with E-state index in [1.54, 1.807) is 11.8 Å². The van der Waals surface area contributed by atoms with Gasteiger partial charge in [0, 0.05) is 32.7 Å². The number of amides is 1. The van der Waals surface area contributed by atoms with Crippen molar-refractivity contribution in [2.45, 2.75) is 6.92 Å². The largest absolute Gasteiger partial charge is 0.364 e. The molecule has 1 saturated heterocycles. The zero-order valence-corrected chi connectivity index (χ0v) is 12.0. The lowest BCUT2D eigenvalue weighted by Gasteiger charge is -2.35. The van der Waals surface area contributed by atoms with Gasteiger partial charge in [-0.15, -0.1) is 0 Å². The smallest absolute Gasteiger partial charge is 0.253 e. The lowest BCUT2D eigenvalue weighted by atomic mass is 10.2. The molecule has 1 N–H and O–H groups in total. The maximum Gasteiger partial charge on any atom is 0.253 e. The number of nitrogens with one attached hydrogen (secondary N) is 1. The second-order valence-corrected chi connectivity index (χ2v) is 4.89. The van der Waals surface area contributed by atoms with Crippen molar-refractivity contribution in [3.8, 4) is 0 Å². The molecule has 0 radical (unpaired) electrons. The number of carbonyl (C=O) groups is 1. The van der Waals surface area contributed by atoms with Gasteiger partial charge in [-0.25, -0.2) is 0 Å². The summed E-state index contributed by atoms with van der Waals surface area (Å²) in [5.41, 5.74) is -0.748. The maximum absolute atomic E-state index is 13.7. The number of piperazine rings is 1. The van der Waals surface area contributed by atoms with Crippen molar-refractivity contribution in [1.82, 2.24) is 15.2 Å². The van der Waals surface area contributed by atoms with Gasteiger partial charge in [-0.1, -0.05) is 0 Å². The molecule has 22 heavy (non-hydrogen) atoms. The van der Waals surface area contributed by atoms with Crippen molar-refractivity contribution in [3.05, 3.63) is 23.5 Å². The molecule has 0 unspecified atom stereocenters. The average molecular weight is 320 g/mol. The third-order valence-electron chi connectivity index (χ3n) is 3.40. The highest BCUT2D eigenvalue weighted by atomic mass is 19.2. The molecule has 1 aromatic heterocycles. The summed E-state index contributed by atoms with van der Waals surface area (Å²) in [5.74, 6) is -6.49. The van der Waals surface area contributed by atoms with Gasteiger partial charge in [-0.3, -0.25) is 9.69 Å². The van der Waals surface area contributed by atoms with Crippen LogP contribution in [0.15, 0.2) is 0 Å². The minimum absolute atomic E-state index is 0.144. The minimum atomic E-state index is -1.67. The molecule has 9 heteroatoms. The Morgan fingerprint density at radius 2 is 1.64 bits per heavy atom. The molecule has 1 aromatic rings. The van der Waals surface area contributed by atoms with Crippen LogP contribution in [0.2, 0.25) is 0 Å². The monoisotopic (exact) mass is 320 g/mol. The van der Waals surface area contributed by atoms with E-state index in [2.05, 4.69) is 10.3 Å². The summed E-state index contributed by atoms with van der Waals surface area (Å²) in [7, 11) is 0. The van der Waals surface area contributed by atoms with Crippen molar-refractivity contribution >= 4 is 11.6 Å². The summed E-state index contributed by atoms with van der Waals surface area (Å²) >= 11 is 0. The first-order chi connectivity index (χ1) is 10.4. The second kappa shape index (κ2) is 6.91. The van der Waals surface area contributed by atoms with Crippen molar-refractivity contribution in [2.75, 3.05) is 44.2 Å². The third kappa shape index (κ3) is 3.46. The number of nitrogens with zero attached hydrogens (tertiary/aromatic N) is 3. The van der Waals surface area contributed by atoms with E-state index in [1.807, 2.05) is 0 Å². The minimum Gasteiger partial charge on any atom is -0.364 e. The fourth-order valence-corrected chi connectivity index (χ4v) is 2.34. The number of rotatable bonds is 4. The van der Waals surface area contributed by atoms with E-state index in [1.165, 1.54) is 4.90 Å². The molecular formula is C13H16F4N4O. The molecule has 0 aromatic carbocycles. The van der Waals surface area contributed by atoms with Crippen LogP contribution in [-0.2, 0) is 4.79 Å². The number of halogens is 4. The summed E-state index contributed by atoms with van der Waals surface area (Å²) < 4.78 is 53.6. The van der Waals surface area contributed by atoms with Crippen molar-refractivity contribution in [2.24, 2.45) is 0 Å². The Kier molecular flexibility index (Phi) is 5.17. The Bertz CT molecular complexity index is 535. The van der Waals surface area contributed by atoms with E-state index in [9.17, 15) is 22.4 Å². The normalized spacial score (nSPS) is 16.0. The molecule has 122 valence electrons. The van der Waals surface area contributed by atoms with Crippen LogP contribution >= 0.6 is 0 Å². The molecule has 1 amide bonds. The summed E-state index contributed by atoms with van der Waals surface area (Å²) in [5, 5.41) is 2.65. The quantitative estimate of drug-likeness (QED) is 0.661. The predicted molar refractivity (Wildman–Crippen MR) is 71.4 cm³/mol. The molecule has 1 aliphatic heterocycles. The Balaban J connectivity index is 2.05. The molecule has 5 nitrogen and oxygen atoms in total. The van der Waals surface area contributed by atoms with Gasteiger partial charge in [-0.05, 0) is 6.92 Å². The molecule has 1 aliphatic rings. The number of hydrogen-bond acceptors (Lipinski definition) is 4. The van der Waals surface area contributed by atoms with E-state index in [4.69, 9.17) is 0 Å².